The van der Waals surface area contributed by atoms with Gasteiger partial charge in [0.1, 0.15) is 11.4 Å². The Morgan fingerprint density at radius 2 is 2.00 bits per heavy atom. The lowest BCUT2D eigenvalue weighted by atomic mass is 9.60. The van der Waals surface area contributed by atoms with Crippen molar-refractivity contribution in [3.8, 4) is 0 Å². The van der Waals surface area contributed by atoms with Crippen LogP contribution in [0.25, 0.3) is 16.6 Å². The van der Waals surface area contributed by atoms with Crippen LogP contribution < -0.4 is 0 Å². The molecule has 3 aromatic rings. The number of carbonyl (C=O) groups is 1. The highest BCUT2D eigenvalue weighted by Crippen LogP contribution is 2.53. The first kappa shape index (κ1) is 25.7. The SMILES string of the molecule is Cc1cccc(C2=CC3CC[C@@H]2C[C@]3(CCN(C)CCCc2nc3ccccc3[nH]2)OC(=O)C(C)C)c1. The number of hydrogen-bond acceptors (Lipinski definition) is 4. The second-order valence-corrected chi connectivity index (χ2v) is 11.6. The van der Waals surface area contributed by atoms with E-state index in [4.69, 9.17) is 9.72 Å². The Morgan fingerprint density at radius 1 is 1.16 bits per heavy atom. The van der Waals surface area contributed by atoms with Crippen LogP contribution in [0.1, 0.15) is 62.9 Å². The van der Waals surface area contributed by atoms with Gasteiger partial charge < -0.3 is 14.6 Å². The Balaban J connectivity index is 1.24. The van der Waals surface area contributed by atoms with Gasteiger partial charge in [-0.05, 0) is 75.4 Å². The molecule has 2 bridgehead atoms. The van der Waals surface area contributed by atoms with Crippen LogP contribution in [0.3, 0.4) is 0 Å². The lowest BCUT2D eigenvalue weighted by molar-refractivity contribution is -0.176. The minimum Gasteiger partial charge on any atom is -0.458 e. The second kappa shape index (κ2) is 10.8. The minimum absolute atomic E-state index is 0.0643. The van der Waals surface area contributed by atoms with Crippen molar-refractivity contribution in [2.24, 2.45) is 17.8 Å². The molecule has 37 heavy (non-hydrogen) atoms. The Labute approximate surface area is 221 Å². The first-order valence-electron chi connectivity index (χ1n) is 14.0. The normalized spacial score (nSPS) is 23.1. The van der Waals surface area contributed by atoms with E-state index in [0.717, 1.165) is 62.1 Å². The third kappa shape index (κ3) is 5.67. The zero-order chi connectivity index (χ0) is 26.0. The average molecular weight is 500 g/mol. The molecule has 2 aromatic carbocycles. The van der Waals surface area contributed by atoms with Gasteiger partial charge in [0.15, 0.2) is 0 Å². The van der Waals surface area contributed by atoms with E-state index in [1.807, 2.05) is 26.0 Å². The number of imidazole rings is 1. The maximum atomic E-state index is 12.9. The summed E-state index contributed by atoms with van der Waals surface area (Å²) in [6.45, 7) is 7.95. The zero-order valence-corrected chi connectivity index (χ0v) is 22.8. The number of nitrogens with zero attached hydrogens (tertiary/aromatic N) is 2. The lowest BCUT2D eigenvalue weighted by Gasteiger charge is -2.50. The largest absolute Gasteiger partial charge is 0.458 e. The quantitative estimate of drug-likeness (QED) is 0.320. The maximum Gasteiger partial charge on any atom is 0.308 e. The molecule has 3 aliphatic rings. The van der Waals surface area contributed by atoms with Gasteiger partial charge in [-0.1, -0.05) is 61.9 Å². The van der Waals surface area contributed by atoms with Crippen molar-refractivity contribution in [1.29, 1.82) is 0 Å². The van der Waals surface area contributed by atoms with Crippen molar-refractivity contribution >= 4 is 22.6 Å². The molecule has 1 fully saturated rings. The minimum atomic E-state index is -0.398. The molecule has 0 aliphatic heterocycles. The van der Waals surface area contributed by atoms with Gasteiger partial charge in [-0.2, -0.15) is 0 Å². The molecule has 196 valence electrons. The van der Waals surface area contributed by atoms with Gasteiger partial charge in [0, 0.05) is 25.3 Å². The molecule has 1 unspecified atom stereocenters. The molecule has 5 nitrogen and oxygen atoms in total. The van der Waals surface area contributed by atoms with Gasteiger partial charge in [0.2, 0.25) is 0 Å². The molecule has 1 aromatic heterocycles. The number of allylic oxidation sites excluding steroid dienone is 1. The molecule has 6 rings (SSSR count). The van der Waals surface area contributed by atoms with Crippen LogP contribution in [0.15, 0.2) is 54.6 Å². The monoisotopic (exact) mass is 499 g/mol. The highest BCUT2D eigenvalue weighted by Gasteiger charge is 2.50. The third-order valence-electron chi connectivity index (χ3n) is 8.35. The number of carbonyl (C=O) groups excluding carboxylic acids is 1. The molecule has 3 aliphatic carbocycles. The van der Waals surface area contributed by atoms with Crippen LogP contribution in [0, 0.1) is 24.7 Å². The van der Waals surface area contributed by atoms with E-state index in [-0.39, 0.29) is 17.8 Å². The molecule has 0 spiro atoms. The van der Waals surface area contributed by atoms with E-state index < -0.39 is 5.60 Å². The molecule has 1 N–H and O–H groups in total. The number of H-pyrrole nitrogens is 1. The first-order chi connectivity index (χ1) is 17.8. The van der Waals surface area contributed by atoms with Crippen LogP contribution in [-0.2, 0) is 16.0 Å². The van der Waals surface area contributed by atoms with E-state index >= 15 is 0 Å². The Kier molecular flexibility index (Phi) is 7.52. The van der Waals surface area contributed by atoms with Crippen molar-refractivity contribution in [2.75, 3.05) is 20.1 Å². The first-order valence-corrected chi connectivity index (χ1v) is 14.0. The molecule has 3 atom stereocenters. The third-order valence-corrected chi connectivity index (χ3v) is 8.35. The average Bonchev–Trinajstić information content (AvgIpc) is 3.30. The van der Waals surface area contributed by atoms with Gasteiger partial charge in [0.05, 0.1) is 17.0 Å². The number of benzene rings is 2. The van der Waals surface area contributed by atoms with Crippen molar-refractivity contribution in [2.45, 2.75) is 64.9 Å². The second-order valence-electron chi connectivity index (χ2n) is 11.6. The molecule has 1 saturated carbocycles. The summed E-state index contributed by atoms with van der Waals surface area (Å²) in [6, 6.07) is 17.0. The molecule has 5 heteroatoms. The lowest BCUT2D eigenvalue weighted by Crippen LogP contribution is -2.51. The number of esters is 1. The maximum absolute atomic E-state index is 12.9. The number of para-hydroxylation sites is 2. The Bertz CT molecular complexity index is 1240. The van der Waals surface area contributed by atoms with E-state index in [2.05, 4.69) is 66.3 Å². The van der Waals surface area contributed by atoms with E-state index in [9.17, 15) is 4.79 Å². The van der Waals surface area contributed by atoms with Gasteiger partial charge >= 0.3 is 5.97 Å². The summed E-state index contributed by atoms with van der Waals surface area (Å²) in [5, 5.41) is 0. The standard InChI is InChI=1S/C32H41N3O2/c1-22(2)31(36)37-32(21-25-14-15-26(32)20-27(25)24-10-7-9-23(3)19-24)16-18-35(4)17-8-13-30-33-28-11-5-6-12-29(28)34-30/h5-7,9-12,19-20,22,25-26H,8,13-18,21H2,1-4H3,(H,33,34)/t25-,26?,32+/m1/s1. The summed E-state index contributed by atoms with van der Waals surface area (Å²) in [7, 11) is 2.19. The Morgan fingerprint density at radius 3 is 2.73 bits per heavy atom. The zero-order valence-electron chi connectivity index (χ0n) is 22.8. The van der Waals surface area contributed by atoms with Gasteiger partial charge in [-0.25, -0.2) is 4.98 Å². The van der Waals surface area contributed by atoms with E-state index in [0.29, 0.717) is 5.92 Å². The fourth-order valence-corrected chi connectivity index (χ4v) is 6.23. The molecule has 1 heterocycles. The van der Waals surface area contributed by atoms with Crippen molar-refractivity contribution < 1.29 is 9.53 Å². The predicted molar refractivity (Wildman–Crippen MR) is 150 cm³/mol. The van der Waals surface area contributed by atoms with Gasteiger partial charge in [-0.15, -0.1) is 0 Å². The number of nitrogens with one attached hydrogen (secondary N) is 1. The molecular formula is C32H41N3O2. The van der Waals surface area contributed by atoms with E-state index in [1.165, 1.54) is 23.1 Å². The number of aryl methyl sites for hydroxylation is 2. The number of aromatic nitrogens is 2. The number of rotatable bonds is 10. The van der Waals surface area contributed by atoms with Crippen molar-refractivity contribution in [3.05, 3.63) is 71.6 Å². The van der Waals surface area contributed by atoms with Crippen molar-refractivity contribution in [1.82, 2.24) is 14.9 Å². The fourth-order valence-electron chi connectivity index (χ4n) is 6.23. The predicted octanol–water partition coefficient (Wildman–Crippen LogP) is 6.58. The summed E-state index contributed by atoms with van der Waals surface area (Å²) in [5.74, 6) is 1.60. The highest BCUT2D eigenvalue weighted by molar-refractivity contribution is 5.75. The number of fused-ring (bicyclic) bond motifs is 3. The summed E-state index contributed by atoms with van der Waals surface area (Å²) >= 11 is 0. The molecule has 0 saturated heterocycles. The molecular weight excluding hydrogens is 458 g/mol. The number of ether oxygens (including phenoxy) is 1. The highest BCUT2D eigenvalue weighted by atomic mass is 16.6. The smallest absolute Gasteiger partial charge is 0.308 e. The van der Waals surface area contributed by atoms with Gasteiger partial charge in [0.25, 0.3) is 0 Å². The summed E-state index contributed by atoms with van der Waals surface area (Å²) in [5.41, 5.74) is 5.82. The summed E-state index contributed by atoms with van der Waals surface area (Å²) in [4.78, 5) is 23.4. The number of aromatic amines is 1. The van der Waals surface area contributed by atoms with Crippen LogP contribution in [-0.4, -0.2) is 46.6 Å². The van der Waals surface area contributed by atoms with Gasteiger partial charge in [-0.3, -0.25) is 4.79 Å². The molecule has 0 radical (unpaired) electrons. The summed E-state index contributed by atoms with van der Waals surface area (Å²) < 4.78 is 6.41. The number of hydrogen-bond donors (Lipinski definition) is 1. The Hall–Kier alpha value is -2.92. The topological polar surface area (TPSA) is 58.2 Å². The van der Waals surface area contributed by atoms with Crippen LogP contribution >= 0.6 is 0 Å². The van der Waals surface area contributed by atoms with Crippen LogP contribution in [0.4, 0.5) is 0 Å². The van der Waals surface area contributed by atoms with Crippen LogP contribution in [0.2, 0.25) is 0 Å². The van der Waals surface area contributed by atoms with Crippen LogP contribution in [0.5, 0.6) is 0 Å². The van der Waals surface area contributed by atoms with Crippen molar-refractivity contribution in [3.63, 3.8) is 0 Å². The molecule has 0 amide bonds. The summed E-state index contributed by atoms with van der Waals surface area (Å²) in [6.07, 6.45) is 8.51. The fraction of sp³-hybridized carbons (Fsp3) is 0.500. The van der Waals surface area contributed by atoms with E-state index in [1.54, 1.807) is 0 Å².